The minimum atomic E-state index is -3.63. The summed E-state index contributed by atoms with van der Waals surface area (Å²) in [4.78, 5) is 0. The standard InChI is InChI=1S/C25H32FNO5S/c1-19-7-10-24(20-5-3-2-4-6-20)33(29,30)27(19)16-21-8-9-22(15-23(21)26)32-18-25(17-28)11-13-31-14-12-25/h2-6,8-9,15,19,24,28H,7,10-14,16-18H2,1H3. The van der Waals surface area contributed by atoms with E-state index in [-0.39, 0.29) is 31.2 Å². The Morgan fingerprint density at radius 2 is 1.88 bits per heavy atom. The predicted molar refractivity (Wildman–Crippen MR) is 124 cm³/mol. The van der Waals surface area contributed by atoms with Crippen LogP contribution in [0.2, 0.25) is 0 Å². The largest absolute Gasteiger partial charge is 0.493 e. The van der Waals surface area contributed by atoms with E-state index < -0.39 is 21.1 Å². The number of rotatable bonds is 7. The van der Waals surface area contributed by atoms with Gasteiger partial charge in [-0.25, -0.2) is 12.8 Å². The number of sulfonamides is 1. The molecule has 0 amide bonds. The van der Waals surface area contributed by atoms with Gasteiger partial charge in [-0.1, -0.05) is 36.4 Å². The fourth-order valence-corrected chi connectivity index (χ4v) is 6.84. The van der Waals surface area contributed by atoms with Crippen LogP contribution in [0.1, 0.15) is 49.0 Å². The monoisotopic (exact) mass is 477 g/mol. The molecule has 2 fully saturated rings. The third kappa shape index (κ3) is 5.24. The number of aliphatic hydroxyl groups is 1. The van der Waals surface area contributed by atoms with Crippen LogP contribution in [0, 0.1) is 11.2 Å². The van der Waals surface area contributed by atoms with Crippen LogP contribution in [0.15, 0.2) is 48.5 Å². The number of halogens is 1. The van der Waals surface area contributed by atoms with Gasteiger partial charge in [-0.2, -0.15) is 4.31 Å². The third-order valence-electron chi connectivity index (χ3n) is 6.98. The summed E-state index contributed by atoms with van der Waals surface area (Å²) in [5.41, 5.74) is 0.705. The molecule has 180 valence electrons. The van der Waals surface area contributed by atoms with Gasteiger partial charge in [0.15, 0.2) is 0 Å². The summed E-state index contributed by atoms with van der Waals surface area (Å²) in [7, 11) is -3.63. The van der Waals surface area contributed by atoms with Crippen molar-refractivity contribution in [3.8, 4) is 5.75 Å². The maximum Gasteiger partial charge on any atom is 0.221 e. The minimum absolute atomic E-state index is 0.00971. The summed E-state index contributed by atoms with van der Waals surface area (Å²) < 4.78 is 54.4. The molecule has 0 aromatic heterocycles. The second kappa shape index (κ2) is 10.1. The molecule has 2 heterocycles. The molecule has 0 spiro atoms. The zero-order valence-electron chi connectivity index (χ0n) is 19.0. The molecule has 8 heteroatoms. The molecule has 4 rings (SSSR count). The maximum atomic E-state index is 15.0. The van der Waals surface area contributed by atoms with Crippen molar-refractivity contribution in [1.29, 1.82) is 0 Å². The average Bonchev–Trinajstić information content (AvgIpc) is 2.82. The van der Waals surface area contributed by atoms with Crippen LogP contribution in [0.3, 0.4) is 0 Å². The lowest BCUT2D eigenvalue weighted by Crippen LogP contribution is -2.44. The van der Waals surface area contributed by atoms with E-state index >= 15 is 0 Å². The molecule has 2 unspecified atom stereocenters. The number of hydrogen-bond donors (Lipinski definition) is 1. The summed E-state index contributed by atoms with van der Waals surface area (Å²) in [6, 6.07) is 13.6. The Balaban J connectivity index is 1.48. The molecule has 1 N–H and O–H groups in total. The summed E-state index contributed by atoms with van der Waals surface area (Å²) in [6.45, 7) is 3.27. The van der Waals surface area contributed by atoms with Gasteiger partial charge in [0.25, 0.3) is 0 Å². The number of benzene rings is 2. The SMILES string of the molecule is CC1CCC(c2ccccc2)S(=O)(=O)N1Cc1ccc(OCC2(CO)CCOCC2)cc1F. The van der Waals surface area contributed by atoms with Gasteiger partial charge in [-0.05, 0) is 44.2 Å². The molecular formula is C25H32FNO5S. The number of ether oxygens (including phenoxy) is 2. The number of nitrogens with zero attached hydrogens (tertiary/aromatic N) is 1. The number of aliphatic hydroxyl groups excluding tert-OH is 1. The van der Waals surface area contributed by atoms with Gasteiger partial charge in [0.2, 0.25) is 10.0 Å². The Bertz CT molecular complexity index is 1040. The fourth-order valence-electron chi connectivity index (χ4n) is 4.65. The first kappa shape index (κ1) is 24.1. The van der Waals surface area contributed by atoms with E-state index in [1.165, 1.54) is 10.4 Å². The number of hydrogen-bond acceptors (Lipinski definition) is 5. The minimum Gasteiger partial charge on any atom is -0.493 e. The lowest BCUT2D eigenvalue weighted by atomic mass is 9.82. The lowest BCUT2D eigenvalue weighted by molar-refractivity contribution is -0.0395. The van der Waals surface area contributed by atoms with Crippen molar-refractivity contribution in [3.05, 3.63) is 65.5 Å². The molecule has 2 aliphatic heterocycles. The molecule has 0 radical (unpaired) electrons. The molecule has 33 heavy (non-hydrogen) atoms. The van der Waals surface area contributed by atoms with Crippen LogP contribution < -0.4 is 4.74 Å². The van der Waals surface area contributed by atoms with Crippen molar-refractivity contribution in [3.63, 3.8) is 0 Å². The highest BCUT2D eigenvalue weighted by atomic mass is 32.2. The Hall–Kier alpha value is -2.00. The van der Waals surface area contributed by atoms with E-state index in [4.69, 9.17) is 9.47 Å². The topological polar surface area (TPSA) is 76.1 Å². The molecule has 2 aromatic carbocycles. The quantitative estimate of drug-likeness (QED) is 0.651. The van der Waals surface area contributed by atoms with Crippen LogP contribution in [0.25, 0.3) is 0 Å². The molecule has 2 saturated heterocycles. The van der Waals surface area contributed by atoms with Crippen LogP contribution in [0.4, 0.5) is 4.39 Å². The van der Waals surface area contributed by atoms with Crippen LogP contribution in [-0.4, -0.2) is 50.3 Å². The first-order chi connectivity index (χ1) is 15.8. The van der Waals surface area contributed by atoms with Gasteiger partial charge >= 0.3 is 0 Å². The van der Waals surface area contributed by atoms with Crippen molar-refractivity contribution >= 4 is 10.0 Å². The van der Waals surface area contributed by atoms with E-state index in [9.17, 15) is 17.9 Å². The molecule has 0 bridgehead atoms. The fraction of sp³-hybridized carbons (Fsp3) is 0.520. The molecule has 6 nitrogen and oxygen atoms in total. The first-order valence-electron chi connectivity index (χ1n) is 11.5. The lowest BCUT2D eigenvalue weighted by Gasteiger charge is -2.37. The second-order valence-electron chi connectivity index (χ2n) is 9.23. The Labute approximate surface area is 195 Å². The normalized spacial score (nSPS) is 24.9. The summed E-state index contributed by atoms with van der Waals surface area (Å²) in [5.74, 6) is -0.131. The van der Waals surface area contributed by atoms with E-state index in [0.717, 1.165) is 5.56 Å². The smallest absolute Gasteiger partial charge is 0.221 e. The predicted octanol–water partition coefficient (Wildman–Crippen LogP) is 4.05. The van der Waals surface area contributed by atoms with Crippen molar-refractivity contribution in [1.82, 2.24) is 4.31 Å². The van der Waals surface area contributed by atoms with Crippen LogP contribution in [0.5, 0.6) is 5.75 Å². The van der Waals surface area contributed by atoms with Crippen molar-refractivity contribution in [2.75, 3.05) is 26.4 Å². The van der Waals surface area contributed by atoms with Gasteiger partial charge in [-0.3, -0.25) is 0 Å². The van der Waals surface area contributed by atoms with E-state index in [1.807, 2.05) is 37.3 Å². The molecular weight excluding hydrogens is 445 g/mol. The zero-order valence-corrected chi connectivity index (χ0v) is 19.8. The summed E-state index contributed by atoms with van der Waals surface area (Å²) >= 11 is 0. The van der Waals surface area contributed by atoms with Gasteiger partial charge in [0.1, 0.15) is 16.8 Å². The Kier molecular flexibility index (Phi) is 7.38. The van der Waals surface area contributed by atoms with Gasteiger partial charge in [-0.15, -0.1) is 0 Å². The maximum absolute atomic E-state index is 15.0. The Morgan fingerprint density at radius 1 is 1.15 bits per heavy atom. The van der Waals surface area contributed by atoms with Gasteiger partial charge < -0.3 is 14.6 Å². The van der Waals surface area contributed by atoms with E-state index in [1.54, 1.807) is 12.1 Å². The molecule has 0 aliphatic carbocycles. The van der Waals surface area contributed by atoms with Crippen molar-refractivity contribution in [2.24, 2.45) is 5.41 Å². The van der Waals surface area contributed by atoms with Crippen LogP contribution >= 0.6 is 0 Å². The van der Waals surface area contributed by atoms with Crippen molar-refractivity contribution < 1.29 is 27.4 Å². The first-order valence-corrected chi connectivity index (χ1v) is 13.0. The Morgan fingerprint density at radius 3 is 2.55 bits per heavy atom. The zero-order chi connectivity index (χ0) is 23.5. The highest BCUT2D eigenvalue weighted by molar-refractivity contribution is 7.89. The molecule has 2 aromatic rings. The molecule has 2 atom stereocenters. The second-order valence-corrected chi connectivity index (χ2v) is 11.3. The average molecular weight is 478 g/mol. The van der Waals surface area contributed by atoms with E-state index in [2.05, 4.69) is 0 Å². The van der Waals surface area contributed by atoms with E-state index in [0.29, 0.717) is 50.2 Å². The summed E-state index contributed by atoms with van der Waals surface area (Å²) in [5, 5.41) is 9.19. The highest BCUT2D eigenvalue weighted by Gasteiger charge is 2.40. The van der Waals surface area contributed by atoms with Gasteiger partial charge in [0.05, 0.1) is 13.2 Å². The highest BCUT2D eigenvalue weighted by Crippen LogP contribution is 2.38. The third-order valence-corrected chi connectivity index (χ3v) is 9.35. The van der Waals surface area contributed by atoms with Crippen molar-refractivity contribution in [2.45, 2.75) is 50.4 Å². The molecule has 2 aliphatic rings. The summed E-state index contributed by atoms with van der Waals surface area (Å²) in [6.07, 6.45) is 2.65. The van der Waals surface area contributed by atoms with Crippen LogP contribution in [-0.2, 0) is 21.3 Å². The van der Waals surface area contributed by atoms with Gasteiger partial charge in [0, 0.05) is 42.8 Å². The molecule has 0 saturated carbocycles.